The summed E-state index contributed by atoms with van der Waals surface area (Å²) in [4.78, 5) is 8.07. The maximum Gasteiger partial charge on any atom is 0.221 e. The number of aromatic nitrogens is 3. The number of hydrogen-bond donors (Lipinski definition) is 2. The van der Waals surface area contributed by atoms with Gasteiger partial charge in [0.1, 0.15) is 17.3 Å². The molecule has 0 radical (unpaired) electrons. The highest BCUT2D eigenvalue weighted by Crippen LogP contribution is 2.34. The third-order valence-electron chi connectivity index (χ3n) is 3.92. The van der Waals surface area contributed by atoms with Gasteiger partial charge in [0.2, 0.25) is 5.95 Å². The third kappa shape index (κ3) is 3.72. The van der Waals surface area contributed by atoms with Gasteiger partial charge in [0.05, 0.1) is 18.9 Å². The zero-order valence-corrected chi connectivity index (χ0v) is 15.0. The van der Waals surface area contributed by atoms with Crippen molar-refractivity contribution in [3.8, 4) is 17.2 Å². The summed E-state index contributed by atoms with van der Waals surface area (Å²) in [5, 5.41) is 0. The molecule has 7 nitrogen and oxygen atoms in total. The highest BCUT2D eigenvalue weighted by molar-refractivity contribution is 5.57. The van der Waals surface area contributed by atoms with E-state index in [1.165, 1.54) is 0 Å². The number of benzene rings is 1. The summed E-state index contributed by atoms with van der Waals surface area (Å²) >= 11 is 0. The van der Waals surface area contributed by atoms with Crippen LogP contribution in [0, 0.1) is 0 Å². The van der Waals surface area contributed by atoms with Crippen molar-refractivity contribution in [3.05, 3.63) is 54.0 Å². The maximum absolute atomic E-state index is 5.99. The molecule has 3 rings (SSSR count). The lowest BCUT2D eigenvalue weighted by Crippen LogP contribution is -2.07. The summed E-state index contributed by atoms with van der Waals surface area (Å²) in [5.74, 6) is 2.08. The van der Waals surface area contributed by atoms with Gasteiger partial charge in [-0.1, -0.05) is 0 Å². The summed E-state index contributed by atoms with van der Waals surface area (Å²) in [6.07, 6.45) is 6.11. The molecule has 0 unspecified atom stereocenters. The van der Waals surface area contributed by atoms with Crippen molar-refractivity contribution in [2.45, 2.75) is 20.3 Å². The molecule has 2 aromatic heterocycles. The normalized spacial score (nSPS) is 10.7. The molecule has 0 aliphatic heterocycles. The number of nitrogens with zero attached hydrogens (tertiary/aromatic N) is 3. The Bertz CT molecular complexity index is 878. The number of nitrogen functional groups attached to an aromatic ring is 2. The molecule has 7 heteroatoms. The van der Waals surface area contributed by atoms with Crippen molar-refractivity contribution >= 4 is 11.8 Å². The van der Waals surface area contributed by atoms with Gasteiger partial charge in [0.15, 0.2) is 0 Å². The van der Waals surface area contributed by atoms with E-state index in [0.29, 0.717) is 25.5 Å². The Morgan fingerprint density at radius 1 is 0.962 bits per heavy atom. The molecule has 0 bridgehead atoms. The predicted molar refractivity (Wildman–Crippen MR) is 102 cm³/mol. The number of hydrogen-bond acceptors (Lipinski definition) is 6. The molecular formula is C19H23N5O2. The molecule has 0 aliphatic rings. The molecule has 3 aromatic rings. The van der Waals surface area contributed by atoms with E-state index < -0.39 is 0 Å². The van der Waals surface area contributed by atoms with Crippen molar-refractivity contribution < 1.29 is 9.47 Å². The SMILES string of the molecule is CCOc1cc(-n2cccc2)c(OCC)cc1Cc1cnc(N)nc1N. The lowest BCUT2D eigenvalue weighted by molar-refractivity contribution is 0.327. The first-order valence-electron chi connectivity index (χ1n) is 8.55. The van der Waals surface area contributed by atoms with Crippen LogP contribution in [0.3, 0.4) is 0 Å². The van der Waals surface area contributed by atoms with Gasteiger partial charge < -0.3 is 25.5 Å². The van der Waals surface area contributed by atoms with Crippen LogP contribution in [0.25, 0.3) is 5.69 Å². The van der Waals surface area contributed by atoms with Crippen LogP contribution in [0.5, 0.6) is 11.5 Å². The topological polar surface area (TPSA) is 101 Å². The van der Waals surface area contributed by atoms with Gasteiger partial charge in [-0.05, 0) is 32.0 Å². The fourth-order valence-corrected chi connectivity index (χ4v) is 2.76. The number of ether oxygens (including phenoxy) is 2. The Morgan fingerprint density at radius 2 is 1.65 bits per heavy atom. The molecule has 136 valence electrons. The van der Waals surface area contributed by atoms with Crippen molar-refractivity contribution in [3.63, 3.8) is 0 Å². The quantitative estimate of drug-likeness (QED) is 0.677. The van der Waals surface area contributed by atoms with Gasteiger partial charge in [-0.3, -0.25) is 0 Å². The van der Waals surface area contributed by atoms with E-state index >= 15 is 0 Å². The molecule has 0 atom stereocenters. The highest BCUT2D eigenvalue weighted by Gasteiger charge is 2.15. The van der Waals surface area contributed by atoms with E-state index in [1.807, 2.05) is 55.1 Å². The Kier molecular flexibility index (Phi) is 5.26. The molecule has 26 heavy (non-hydrogen) atoms. The molecule has 0 saturated heterocycles. The van der Waals surface area contributed by atoms with Crippen LogP contribution in [-0.4, -0.2) is 27.7 Å². The van der Waals surface area contributed by atoms with Gasteiger partial charge in [-0.15, -0.1) is 0 Å². The summed E-state index contributed by atoms with van der Waals surface area (Å²) in [6, 6.07) is 7.91. The number of nitrogens with two attached hydrogens (primary N) is 2. The van der Waals surface area contributed by atoms with E-state index in [9.17, 15) is 0 Å². The van der Waals surface area contributed by atoms with Crippen LogP contribution < -0.4 is 20.9 Å². The Hall–Kier alpha value is -3.22. The molecular weight excluding hydrogens is 330 g/mol. The van der Waals surface area contributed by atoms with E-state index in [1.54, 1.807) is 6.20 Å². The first kappa shape index (κ1) is 17.6. The second-order valence-corrected chi connectivity index (χ2v) is 5.70. The van der Waals surface area contributed by atoms with E-state index in [2.05, 4.69) is 9.97 Å². The van der Waals surface area contributed by atoms with E-state index in [0.717, 1.165) is 28.3 Å². The van der Waals surface area contributed by atoms with Crippen molar-refractivity contribution in [2.24, 2.45) is 0 Å². The van der Waals surface area contributed by atoms with Gasteiger partial charge in [-0.2, -0.15) is 4.98 Å². The lowest BCUT2D eigenvalue weighted by Gasteiger charge is -2.17. The lowest BCUT2D eigenvalue weighted by atomic mass is 10.0. The van der Waals surface area contributed by atoms with E-state index in [-0.39, 0.29) is 5.95 Å². The van der Waals surface area contributed by atoms with Gasteiger partial charge >= 0.3 is 0 Å². The minimum Gasteiger partial charge on any atom is -0.494 e. The van der Waals surface area contributed by atoms with Crippen LogP contribution in [0.2, 0.25) is 0 Å². The average molecular weight is 353 g/mol. The smallest absolute Gasteiger partial charge is 0.221 e. The van der Waals surface area contributed by atoms with Crippen molar-refractivity contribution in [2.75, 3.05) is 24.7 Å². The van der Waals surface area contributed by atoms with Gasteiger partial charge in [0.25, 0.3) is 0 Å². The second kappa shape index (κ2) is 7.77. The minimum absolute atomic E-state index is 0.161. The molecule has 0 fully saturated rings. The van der Waals surface area contributed by atoms with Crippen LogP contribution in [0.1, 0.15) is 25.0 Å². The summed E-state index contributed by atoms with van der Waals surface area (Å²) in [5.41, 5.74) is 14.2. The van der Waals surface area contributed by atoms with Crippen molar-refractivity contribution in [1.29, 1.82) is 0 Å². The minimum atomic E-state index is 0.161. The fraction of sp³-hybridized carbons (Fsp3) is 0.263. The van der Waals surface area contributed by atoms with Crippen LogP contribution in [-0.2, 0) is 6.42 Å². The van der Waals surface area contributed by atoms with E-state index in [4.69, 9.17) is 20.9 Å². The number of anilines is 2. The zero-order valence-electron chi connectivity index (χ0n) is 15.0. The molecule has 0 spiro atoms. The molecule has 4 N–H and O–H groups in total. The molecule has 0 aliphatic carbocycles. The molecule has 1 aromatic carbocycles. The summed E-state index contributed by atoms with van der Waals surface area (Å²) in [7, 11) is 0. The molecule has 0 amide bonds. The highest BCUT2D eigenvalue weighted by atomic mass is 16.5. The standard InChI is InChI=1S/C19H23N5O2/c1-3-25-16-11-15(24-7-5-6-8-24)17(26-4-2)10-13(16)9-14-12-22-19(21)23-18(14)20/h5-8,10-12H,3-4,9H2,1-2H3,(H4,20,21,22,23). The Morgan fingerprint density at radius 3 is 2.31 bits per heavy atom. The summed E-state index contributed by atoms with van der Waals surface area (Å²) in [6.45, 7) is 5.03. The fourth-order valence-electron chi connectivity index (χ4n) is 2.76. The first-order chi connectivity index (χ1) is 12.6. The van der Waals surface area contributed by atoms with Crippen LogP contribution >= 0.6 is 0 Å². The number of rotatable bonds is 7. The van der Waals surface area contributed by atoms with Crippen LogP contribution in [0.15, 0.2) is 42.9 Å². The predicted octanol–water partition coefficient (Wildman–Crippen LogP) is 2.82. The zero-order chi connectivity index (χ0) is 18.5. The Balaban J connectivity index is 2.06. The summed E-state index contributed by atoms with van der Waals surface area (Å²) < 4.78 is 13.7. The first-order valence-corrected chi connectivity index (χ1v) is 8.55. The molecule has 0 saturated carbocycles. The largest absolute Gasteiger partial charge is 0.494 e. The molecule has 2 heterocycles. The van der Waals surface area contributed by atoms with Gasteiger partial charge in [-0.25, -0.2) is 4.98 Å². The van der Waals surface area contributed by atoms with Crippen LogP contribution in [0.4, 0.5) is 11.8 Å². The van der Waals surface area contributed by atoms with Gasteiger partial charge in [0, 0.05) is 42.2 Å². The monoisotopic (exact) mass is 353 g/mol. The van der Waals surface area contributed by atoms with Crippen molar-refractivity contribution in [1.82, 2.24) is 14.5 Å². The Labute approximate surface area is 152 Å². The third-order valence-corrected chi connectivity index (χ3v) is 3.92. The maximum atomic E-state index is 5.99. The second-order valence-electron chi connectivity index (χ2n) is 5.70. The average Bonchev–Trinajstić information content (AvgIpc) is 3.14.